The third-order valence-corrected chi connectivity index (χ3v) is 5.81. The summed E-state index contributed by atoms with van der Waals surface area (Å²) in [5, 5.41) is 10.3. The fourth-order valence-corrected chi connectivity index (χ4v) is 4.00. The van der Waals surface area contributed by atoms with Gasteiger partial charge in [0.1, 0.15) is 11.9 Å². The Balaban J connectivity index is 1.47. The molecule has 4 rings (SSSR count). The first-order valence-electron chi connectivity index (χ1n) is 10.8. The molecule has 0 radical (unpaired) electrons. The first-order valence-corrected chi connectivity index (χ1v) is 10.8. The predicted octanol–water partition coefficient (Wildman–Crippen LogP) is 3.53. The Hall–Kier alpha value is -3.39. The molecular formula is C24H29FN6O. The van der Waals surface area contributed by atoms with Crippen LogP contribution in [-0.2, 0) is 7.05 Å². The Morgan fingerprint density at radius 1 is 1.03 bits per heavy atom. The van der Waals surface area contributed by atoms with Crippen LogP contribution in [0, 0.1) is 12.7 Å². The average Bonchev–Trinajstić information content (AvgIpc) is 3.20. The highest BCUT2D eigenvalue weighted by atomic mass is 19.1. The number of hydrogen-bond acceptors (Lipinski definition) is 4. The monoisotopic (exact) mass is 436 g/mol. The van der Waals surface area contributed by atoms with Gasteiger partial charge in [0.05, 0.1) is 5.69 Å². The second kappa shape index (κ2) is 9.40. The van der Waals surface area contributed by atoms with Gasteiger partial charge >= 0.3 is 6.03 Å². The number of rotatable bonds is 5. The Morgan fingerprint density at radius 2 is 1.75 bits per heavy atom. The summed E-state index contributed by atoms with van der Waals surface area (Å²) in [7, 11) is 3.95. The number of likely N-dealkylation sites (N-methyl/N-ethyl adjacent to an activating group) is 1. The zero-order valence-electron chi connectivity index (χ0n) is 18.7. The average molecular weight is 437 g/mol. The summed E-state index contributed by atoms with van der Waals surface area (Å²) in [5.41, 5.74) is 4.46. The maximum Gasteiger partial charge on any atom is 0.320 e. The highest BCUT2D eigenvalue weighted by molar-refractivity contribution is 5.90. The number of anilines is 2. The van der Waals surface area contributed by atoms with Crippen molar-refractivity contribution < 1.29 is 9.18 Å². The lowest BCUT2D eigenvalue weighted by Gasteiger charge is -2.35. The van der Waals surface area contributed by atoms with Gasteiger partial charge in [-0.25, -0.2) is 9.18 Å². The van der Waals surface area contributed by atoms with Crippen molar-refractivity contribution in [3.05, 3.63) is 77.4 Å². The number of amides is 2. The second-order valence-electron chi connectivity index (χ2n) is 8.29. The Morgan fingerprint density at radius 3 is 2.38 bits per heavy atom. The van der Waals surface area contributed by atoms with E-state index in [1.165, 1.54) is 17.8 Å². The quantitative estimate of drug-likeness (QED) is 0.642. The first-order chi connectivity index (χ1) is 15.4. The summed E-state index contributed by atoms with van der Waals surface area (Å²) < 4.78 is 15.1. The van der Waals surface area contributed by atoms with Crippen LogP contribution in [0.2, 0.25) is 0 Å². The lowest BCUT2D eigenvalue weighted by Crippen LogP contribution is -2.44. The van der Waals surface area contributed by atoms with Crippen LogP contribution in [0.5, 0.6) is 0 Å². The van der Waals surface area contributed by atoms with Crippen LogP contribution in [-0.4, -0.2) is 53.9 Å². The van der Waals surface area contributed by atoms with E-state index >= 15 is 0 Å². The van der Waals surface area contributed by atoms with Crippen LogP contribution in [0.25, 0.3) is 0 Å². The van der Waals surface area contributed by atoms with Crippen molar-refractivity contribution in [2.24, 2.45) is 7.05 Å². The minimum atomic E-state index is -0.498. The van der Waals surface area contributed by atoms with E-state index in [0.29, 0.717) is 5.69 Å². The van der Waals surface area contributed by atoms with Crippen molar-refractivity contribution in [3.8, 4) is 0 Å². The number of aromatic nitrogens is 2. The number of nitrogens with zero attached hydrogens (tertiary/aromatic N) is 4. The van der Waals surface area contributed by atoms with Crippen molar-refractivity contribution in [2.75, 3.05) is 43.4 Å². The molecule has 7 nitrogen and oxygen atoms in total. The van der Waals surface area contributed by atoms with Gasteiger partial charge in [-0.3, -0.25) is 4.68 Å². The third kappa shape index (κ3) is 5.08. The molecule has 32 heavy (non-hydrogen) atoms. The van der Waals surface area contributed by atoms with Gasteiger partial charge in [0.2, 0.25) is 0 Å². The maximum absolute atomic E-state index is 13.4. The molecule has 0 spiro atoms. The number of piperazine rings is 1. The zero-order valence-corrected chi connectivity index (χ0v) is 18.7. The Bertz CT molecular complexity index is 1070. The van der Waals surface area contributed by atoms with Crippen LogP contribution in [0.1, 0.15) is 22.9 Å². The van der Waals surface area contributed by atoms with Crippen molar-refractivity contribution >= 4 is 17.4 Å². The number of carbonyl (C=O) groups excluding carboxylic acids is 1. The number of aryl methyl sites for hydroxylation is 2. The van der Waals surface area contributed by atoms with Crippen LogP contribution >= 0.6 is 0 Å². The molecule has 1 unspecified atom stereocenters. The van der Waals surface area contributed by atoms with Gasteiger partial charge in [0.25, 0.3) is 0 Å². The maximum atomic E-state index is 13.4. The molecule has 1 aromatic heterocycles. The molecule has 1 aliphatic heterocycles. The molecule has 1 saturated heterocycles. The summed E-state index contributed by atoms with van der Waals surface area (Å²) in [6.07, 6.45) is 1.81. The molecule has 1 aliphatic rings. The number of halogens is 1. The molecule has 2 aromatic carbocycles. The van der Waals surface area contributed by atoms with Crippen molar-refractivity contribution in [1.29, 1.82) is 0 Å². The van der Waals surface area contributed by atoms with Gasteiger partial charge in [-0.05, 0) is 61.5 Å². The van der Waals surface area contributed by atoms with Crippen LogP contribution < -0.4 is 15.5 Å². The van der Waals surface area contributed by atoms with E-state index in [4.69, 9.17) is 0 Å². The van der Waals surface area contributed by atoms with E-state index in [9.17, 15) is 9.18 Å². The molecular weight excluding hydrogens is 407 g/mol. The van der Waals surface area contributed by atoms with Crippen molar-refractivity contribution in [2.45, 2.75) is 13.0 Å². The minimum Gasteiger partial charge on any atom is -0.369 e. The summed E-state index contributed by atoms with van der Waals surface area (Å²) in [6, 6.07) is 13.0. The molecule has 8 heteroatoms. The van der Waals surface area contributed by atoms with E-state index in [2.05, 4.69) is 45.6 Å². The standard InChI is InChI=1S/C24H29FN6O/c1-17-16-20(8-9-22(17)31-14-12-29(2)13-15-31)26-24(32)27-23(21-10-11-30(3)28-21)18-4-6-19(25)7-5-18/h4-11,16,23H,12-15H2,1-3H3,(H2,26,27,32). The van der Waals surface area contributed by atoms with Crippen molar-refractivity contribution in [3.63, 3.8) is 0 Å². The van der Waals surface area contributed by atoms with Crippen LogP contribution in [0.4, 0.5) is 20.6 Å². The summed E-state index contributed by atoms with van der Waals surface area (Å²) >= 11 is 0. The smallest absolute Gasteiger partial charge is 0.320 e. The van der Waals surface area contributed by atoms with Gasteiger partial charge in [-0.15, -0.1) is 0 Å². The third-order valence-electron chi connectivity index (χ3n) is 5.81. The lowest BCUT2D eigenvalue weighted by atomic mass is 10.0. The predicted molar refractivity (Wildman–Crippen MR) is 124 cm³/mol. The molecule has 0 bridgehead atoms. The topological polar surface area (TPSA) is 65.4 Å². The van der Waals surface area contributed by atoms with Gasteiger partial charge in [0.15, 0.2) is 0 Å². The minimum absolute atomic E-state index is 0.325. The fraction of sp³-hybridized carbons (Fsp3) is 0.333. The number of carbonyl (C=O) groups is 1. The lowest BCUT2D eigenvalue weighted by molar-refractivity contribution is 0.250. The molecule has 2 heterocycles. The molecule has 2 amide bonds. The second-order valence-corrected chi connectivity index (χ2v) is 8.29. The van der Waals surface area contributed by atoms with Gasteiger partial charge in [-0.2, -0.15) is 5.10 Å². The molecule has 0 saturated carbocycles. The summed E-state index contributed by atoms with van der Waals surface area (Å²) in [4.78, 5) is 17.5. The molecule has 168 valence electrons. The van der Waals surface area contributed by atoms with Gasteiger partial charge in [-0.1, -0.05) is 12.1 Å². The van der Waals surface area contributed by atoms with E-state index in [1.54, 1.807) is 16.8 Å². The molecule has 1 fully saturated rings. The van der Waals surface area contributed by atoms with Crippen LogP contribution in [0.15, 0.2) is 54.7 Å². The van der Waals surface area contributed by atoms with Crippen molar-refractivity contribution in [1.82, 2.24) is 20.0 Å². The summed E-state index contributed by atoms with van der Waals surface area (Å²) in [5.74, 6) is -0.325. The first kappa shape index (κ1) is 21.8. The normalized spacial score (nSPS) is 15.4. The van der Waals surface area contributed by atoms with E-state index in [-0.39, 0.29) is 11.8 Å². The highest BCUT2D eigenvalue weighted by Gasteiger charge is 2.20. The number of nitrogens with one attached hydrogen (secondary N) is 2. The number of urea groups is 1. The van der Waals surface area contributed by atoms with E-state index in [1.807, 2.05) is 31.4 Å². The Kier molecular flexibility index (Phi) is 6.41. The molecule has 1 atom stereocenters. The highest BCUT2D eigenvalue weighted by Crippen LogP contribution is 2.25. The fourth-order valence-electron chi connectivity index (χ4n) is 4.00. The molecule has 3 aromatic rings. The summed E-state index contributed by atoms with van der Waals surface area (Å²) in [6.45, 7) is 6.13. The van der Waals surface area contributed by atoms with Gasteiger partial charge < -0.3 is 20.4 Å². The largest absolute Gasteiger partial charge is 0.369 e. The number of hydrogen-bond donors (Lipinski definition) is 2. The van der Waals surface area contributed by atoms with E-state index in [0.717, 1.165) is 43.0 Å². The molecule has 2 N–H and O–H groups in total. The SMILES string of the molecule is Cc1cc(NC(=O)NC(c2ccc(F)cc2)c2ccn(C)n2)ccc1N1CCN(C)CC1. The number of benzene rings is 2. The molecule has 0 aliphatic carbocycles. The van der Waals surface area contributed by atoms with E-state index < -0.39 is 6.04 Å². The van der Waals surface area contributed by atoms with Crippen LogP contribution in [0.3, 0.4) is 0 Å². The van der Waals surface area contributed by atoms with Gasteiger partial charge in [0, 0.05) is 50.8 Å². The zero-order chi connectivity index (χ0) is 22.7. The Labute approximate surface area is 187 Å².